The first kappa shape index (κ1) is 13.1. The van der Waals surface area contributed by atoms with Gasteiger partial charge in [-0.05, 0) is 0 Å². The van der Waals surface area contributed by atoms with Crippen LogP contribution in [-0.2, 0) is 9.53 Å². The molecule has 0 aromatic rings. The summed E-state index contributed by atoms with van der Waals surface area (Å²) in [6.07, 6.45) is 1.02. The maximum atomic E-state index is 11.1. The van der Waals surface area contributed by atoms with Crippen LogP contribution >= 0.6 is 0 Å². The number of ether oxygens (including phenoxy) is 1. The van der Waals surface area contributed by atoms with Crippen LogP contribution in [-0.4, -0.2) is 50.5 Å². The third-order valence-corrected chi connectivity index (χ3v) is 1.47. The van der Waals surface area contributed by atoms with Crippen molar-refractivity contribution in [3.8, 4) is 0 Å². The number of aliphatic hydroxyl groups excluding tert-OH is 1. The minimum absolute atomic E-state index is 0.151. The van der Waals surface area contributed by atoms with Crippen molar-refractivity contribution in [2.45, 2.75) is 6.10 Å². The van der Waals surface area contributed by atoms with Crippen molar-refractivity contribution in [1.29, 1.82) is 0 Å². The van der Waals surface area contributed by atoms with Crippen molar-refractivity contribution in [2.75, 3.05) is 33.4 Å². The molecule has 0 aromatic carbocycles. The lowest BCUT2D eigenvalue weighted by Gasteiger charge is -2.10. The van der Waals surface area contributed by atoms with Crippen molar-refractivity contribution >= 4 is 5.91 Å². The van der Waals surface area contributed by atoms with E-state index in [4.69, 9.17) is 4.74 Å². The number of carbonyl (C=O) groups excluding carboxylic acids is 1. The molecule has 5 heteroatoms. The summed E-state index contributed by atoms with van der Waals surface area (Å²) < 4.78 is 4.70. The Bertz CT molecular complexity index is 173. The van der Waals surface area contributed by atoms with Gasteiger partial charge in [-0.2, -0.15) is 0 Å². The van der Waals surface area contributed by atoms with Crippen LogP contribution in [0.25, 0.3) is 0 Å². The molecule has 1 atom stereocenters. The van der Waals surface area contributed by atoms with Crippen LogP contribution in [0.4, 0.5) is 0 Å². The Hall–Kier alpha value is -0.910. The molecule has 0 spiro atoms. The van der Waals surface area contributed by atoms with Gasteiger partial charge in [-0.3, -0.25) is 4.79 Å². The predicted molar refractivity (Wildman–Crippen MR) is 54.0 cm³/mol. The highest BCUT2D eigenvalue weighted by Gasteiger charge is 2.05. The van der Waals surface area contributed by atoms with E-state index in [1.165, 1.54) is 7.11 Å². The molecular formula is C9H18N2O3. The summed E-state index contributed by atoms with van der Waals surface area (Å²) in [4.78, 5) is 11.1. The maximum Gasteiger partial charge on any atom is 0.234 e. The Labute approximate surface area is 84.1 Å². The van der Waals surface area contributed by atoms with Crippen molar-refractivity contribution in [3.05, 3.63) is 12.7 Å². The average Bonchev–Trinajstić information content (AvgIpc) is 2.16. The Morgan fingerprint density at radius 2 is 2.43 bits per heavy atom. The number of hydrogen-bond donors (Lipinski definition) is 3. The molecule has 0 fully saturated rings. The molecule has 5 nitrogen and oxygen atoms in total. The first-order valence-electron chi connectivity index (χ1n) is 4.46. The minimum Gasteiger partial charge on any atom is -0.389 e. The Morgan fingerprint density at radius 1 is 1.71 bits per heavy atom. The van der Waals surface area contributed by atoms with Gasteiger partial charge in [0.25, 0.3) is 0 Å². The van der Waals surface area contributed by atoms with E-state index in [2.05, 4.69) is 17.2 Å². The molecular weight excluding hydrogens is 184 g/mol. The first-order valence-corrected chi connectivity index (χ1v) is 4.46. The van der Waals surface area contributed by atoms with Gasteiger partial charge in [0.05, 0.1) is 19.3 Å². The third-order valence-electron chi connectivity index (χ3n) is 1.47. The van der Waals surface area contributed by atoms with E-state index in [9.17, 15) is 9.90 Å². The Balaban J connectivity index is 3.38. The molecule has 0 saturated heterocycles. The summed E-state index contributed by atoms with van der Waals surface area (Å²) in [6.45, 7) is 4.76. The summed E-state index contributed by atoms with van der Waals surface area (Å²) in [5, 5.41) is 14.6. The van der Waals surface area contributed by atoms with E-state index in [1.54, 1.807) is 6.08 Å². The fraction of sp³-hybridized carbons (Fsp3) is 0.667. The lowest BCUT2D eigenvalue weighted by Crippen LogP contribution is -2.39. The lowest BCUT2D eigenvalue weighted by atomic mass is 10.3. The maximum absolute atomic E-state index is 11.1. The van der Waals surface area contributed by atoms with Gasteiger partial charge in [0.15, 0.2) is 0 Å². The summed E-state index contributed by atoms with van der Waals surface area (Å²) >= 11 is 0. The highest BCUT2D eigenvalue weighted by Crippen LogP contribution is 1.80. The van der Waals surface area contributed by atoms with Gasteiger partial charge in [-0.1, -0.05) is 6.08 Å². The van der Waals surface area contributed by atoms with Crippen molar-refractivity contribution in [2.24, 2.45) is 0 Å². The van der Waals surface area contributed by atoms with Gasteiger partial charge in [0.2, 0.25) is 5.91 Å². The second-order valence-corrected chi connectivity index (χ2v) is 2.83. The lowest BCUT2D eigenvalue weighted by molar-refractivity contribution is -0.120. The van der Waals surface area contributed by atoms with Crippen LogP contribution in [0.1, 0.15) is 0 Å². The number of carbonyl (C=O) groups is 1. The summed E-state index contributed by atoms with van der Waals surface area (Å²) in [5.74, 6) is -0.151. The molecule has 0 aromatic heterocycles. The second-order valence-electron chi connectivity index (χ2n) is 2.83. The quantitative estimate of drug-likeness (QED) is 0.344. The second kappa shape index (κ2) is 8.68. The van der Waals surface area contributed by atoms with E-state index in [0.29, 0.717) is 6.54 Å². The molecule has 3 N–H and O–H groups in total. The molecule has 0 bridgehead atoms. The van der Waals surface area contributed by atoms with Gasteiger partial charge in [0.1, 0.15) is 0 Å². The number of methoxy groups -OCH3 is 1. The zero-order valence-electron chi connectivity index (χ0n) is 8.45. The fourth-order valence-corrected chi connectivity index (χ4v) is 0.833. The molecule has 0 rings (SSSR count). The minimum atomic E-state index is -0.650. The molecule has 1 unspecified atom stereocenters. The summed E-state index contributed by atoms with van der Waals surface area (Å²) in [7, 11) is 1.50. The highest BCUT2D eigenvalue weighted by atomic mass is 16.5. The average molecular weight is 202 g/mol. The van der Waals surface area contributed by atoms with Crippen LogP contribution in [0, 0.1) is 0 Å². The van der Waals surface area contributed by atoms with Gasteiger partial charge >= 0.3 is 0 Å². The van der Waals surface area contributed by atoms with E-state index in [-0.39, 0.29) is 25.6 Å². The molecule has 14 heavy (non-hydrogen) atoms. The Morgan fingerprint density at radius 3 is 3.00 bits per heavy atom. The number of hydrogen-bond acceptors (Lipinski definition) is 4. The number of nitrogens with one attached hydrogen (secondary N) is 2. The van der Waals surface area contributed by atoms with E-state index in [1.807, 2.05) is 0 Å². The van der Waals surface area contributed by atoms with Gasteiger partial charge in [-0.15, -0.1) is 6.58 Å². The van der Waals surface area contributed by atoms with E-state index >= 15 is 0 Å². The Kier molecular flexibility index (Phi) is 8.11. The molecule has 0 radical (unpaired) electrons. The van der Waals surface area contributed by atoms with Crippen LogP contribution in [0.2, 0.25) is 0 Å². The molecule has 0 aliphatic carbocycles. The molecule has 1 amide bonds. The van der Waals surface area contributed by atoms with Gasteiger partial charge < -0.3 is 20.5 Å². The molecule has 0 heterocycles. The zero-order chi connectivity index (χ0) is 10.8. The van der Waals surface area contributed by atoms with Crippen LogP contribution in [0.5, 0.6) is 0 Å². The normalized spacial score (nSPS) is 12.1. The van der Waals surface area contributed by atoms with Crippen molar-refractivity contribution in [3.63, 3.8) is 0 Å². The fourth-order valence-electron chi connectivity index (χ4n) is 0.833. The van der Waals surface area contributed by atoms with Crippen LogP contribution in [0.3, 0.4) is 0 Å². The first-order chi connectivity index (χ1) is 6.70. The van der Waals surface area contributed by atoms with Crippen molar-refractivity contribution in [1.82, 2.24) is 10.6 Å². The van der Waals surface area contributed by atoms with E-state index in [0.717, 1.165) is 0 Å². The van der Waals surface area contributed by atoms with Crippen LogP contribution < -0.4 is 10.6 Å². The van der Waals surface area contributed by atoms with Crippen LogP contribution in [0.15, 0.2) is 12.7 Å². The number of rotatable bonds is 8. The topological polar surface area (TPSA) is 70.6 Å². The highest BCUT2D eigenvalue weighted by molar-refractivity contribution is 5.77. The largest absolute Gasteiger partial charge is 0.389 e. The van der Waals surface area contributed by atoms with Gasteiger partial charge in [0, 0.05) is 20.2 Å². The molecule has 0 aliphatic rings. The molecule has 0 saturated carbocycles. The monoisotopic (exact) mass is 202 g/mol. The van der Waals surface area contributed by atoms with E-state index < -0.39 is 6.10 Å². The third kappa shape index (κ3) is 7.72. The standard InChI is InChI=1S/C9H18N2O3/c1-3-4-10-6-9(13)11-5-8(12)7-14-2/h3,8,10,12H,1,4-7H2,2H3,(H,11,13). The molecule has 0 aliphatic heterocycles. The predicted octanol–water partition coefficient (Wildman–Crippen LogP) is -1.11. The molecule has 82 valence electrons. The summed E-state index contributed by atoms with van der Waals surface area (Å²) in [6, 6.07) is 0. The van der Waals surface area contributed by atoms with Gasteiger partial charge in [-0.25, -0.2) is 0 Å². The smallest absolute Gasteiger partial charge is 0.234 e. The zero-order valence-corrected chi connectivity index (χ0v) is 8.45. The number of amides is 1. The summed E-state index contributed by atoms with van der Waals surface area (Å²) in [5.41, 5.74) is 0. The SMILES string of the molecule is C=CCNCC(=O)NCC(O)COC. The number of aliphatic hydroxyl groups is 1. The van der Waals surface area contributed by atoms with Crippen molar-refractivity contribution < 1.29 is 14.6 Å².